The van der Waals surface area contributed by atoms with Crippen molar-refractivity contribution >= 4 is 39.0 Å². The van der Waals surface area contributed by atoms with Crippen molar-refractivity contribution in [3.05, 3.63) is 55.9 Å². The van der Waals surface area contributed by atoms with Crippen molar-refractivity contribution in [2.75, 3.05) is 5.32 Å². The molecule has 2 N–H and O–H groups in total. The van der Waals surface area contributed by atoms with E-state index in [1.165, 1.54) is 12.1 Å². The number of thiophene rings is 1. The first kappa shape index (κ1) is 13.1. The van der Waals surface area contributed by atoms with E-state index in [9.17, 15) is 19.7 Å². The number of oxazole rings is 1. The maximum absolute atomic E-state index is 12.0. The molecule has 0 radical (unpaired) electrons. The first-order valence-electron chi connectivity index (χ1n) is 5.71. The molecule has 8 nitrogen and oxygen atoms in total. The highest BCUT2D eigenvalue weighted by molar-refractivity contribution is 7.17. The number of fused-ring (bicyclic) bond motifs is 1. The first-order chi connectivity index (χ1) is 10.0. The summed E-state index contributed by atoms with van der Waals surface area (Å²) < 4.78 is 4.85. The van der Waals surface area contributed by atoms with Gasteiger partial charge in [0, 0.05) is 11.8 Å². The Morgan fingerprint density at radius 1 is 1.33 bits per heavy atom. The molecular formula is C12H7N3O5S. The number of benzene rings is 1. The molecular weight excluding hydrogens is 298 g/mol. The van der Waals surface area contributed by atoms with Gasteiger partial charge < -0.3 is 9.73 Å². The number of hydrogen-bond donors (Lipinski definition) is 2. The first-order valence-corrected chi connectivity index (χ1v) is 6.53. The molecule has 0 spiro atoms. The van der Waals surface area contributed by atoms with Crippen LogP contribution in [0.5, 0.6) is 0 Å². The van der Waals surface area contributed by atoms with Crippen molar-refractivity contribution < 1.29 is 14.1 Å². The molecule has 1 amide bonds. The molecule has 106 valence electrons. The molecule has 9 heteroatoms. The van der Waals surface area contributed by atoms with Crippen molar-refractivity contribution in [3.8, 4) is 0 Å². The number of amides is 1. The Hall–Kier alpha value is -2.94. The predicted octanol–water partition coefficient (Wildman–Crippen LogP) is 2.34. The van der Waals surface area contributed by atoms with E-state index in [0.717, 1.165) is 11.3 Å². The van der Waals surface area contributed by atoms with E-state index in [-0.39, 0.29) is 9.88 Å². The van der Waals surface area contributed by atoms with Crippen LogP contribution < -0.4 is 11.1 Å². The van der Waals surface area contributed by atoms with Gasteiger partial charge in [0.25, 0.3) is 5.91 Å². The normalized spacial score (nSPS) is 10.7. The third-order valence-corrected chi connectivity index (χ3v) is 3.71. The molecule has 0 saturated heterocycles. The van der Waals surface area contributed by atoms with Gasteiger partial charge in [-0.25, -0.2) is 4.79 Å². The number of carbonyl (C=O) groups excluding carboxylic acids is 1. The van der Waals surface area contributed by atoms with Crippen LogP contribution in [0, 0.1) is 10.1 Å². The third kappa shape index (κ3) is 2.54. The molecule has 0 unspecified atom stereocenters. The van der Waals surface area contributed by atoms with Crippen LogP contribution in [0.25, 0.3) is 11.1 Å². The highest BCUT2D eigenvalue weighted by Gasteiger charge is 2.15. The zero-order chi connectivity index (χ0) is 15.0. The summed E-state index contributed by atoms with van der Waals surface area (Å²) in [4.78, 5) is 35.7. The summed E-state index contributed by atoms with van der Waals surface area (Å²) in [6.45, 7) is 0. The second kappa shape index (κ2) is 4.87. The number of carbonyl (C=O) groups is 1. The van der Waals surface area contributed by atoms with Crippen molar-refractivity contribution in [1.29, 1.82) is 0 Å². The maximum atomic E-state index is 12.0. The molecule has 2 heterocycles. The number of nitrogens with one attached hydrogen (secondary N) is 2. The maximum Gasteiger partial charge on any atom is 0.417 e. The largest absolute Gasteiger partial charge is 0.417 e. The number of H-pyrrole nitrogens is 1. The highest BCUT2D eigenvalue weighted by atomic mass is 32.1. The van der Waals surface area contributed by atoms with Gasteiger partial charge in [-0.15, -0.1) is 0 Å². The Morgan fingerprint density at radius 2 is 2.14 bits per heavy atom. The fraction of sp³-hybridized carbons (Fsp3) is 0. The lowest BCUT2D eigenvalue weighted by Gasteiger charge is -2.02. The van der Waals surface area contributed by atoms with Gasteiger partial charge in [0.05, 0.1) is 15.3 Å². The zero-order valence-electron chi connectivity index (χ0n) is 10.3. The molecule has 0 aliphatic carbocycles. The second-order valence-corrected chi connectivity index (χ2v) is 5.14. The SMILES string of the molecule is O=C(Nc1ccc2oc(=O)[nH]c2c1)c1ccc([N+](=O)[O-])s1. The summed E-state index contributed by atoms with van der Waals surface area (Å²) in [7, 11) is 0. The van der Waals surface area contributed by atoms with Crippen LogP contribution in [-0.4, -0.2) is 15.8 Å². The average molecular weight is 305 g/mol. The number of aromatic amines is 1. The molecule has 1 aromatic carbocycles. The minimum absolute atomic E-state index is 0.102. The lowest BCUT2D eigenvalue weighted by atomic mass is 10.3. The molecule has 0 bridgehead atoms. The molecule has 21 heavy (non-hydrogen) atoms. The van der Waals surface area contributed by atoms with Gasteiger partial charge in [-0.3, -0.25) is 19.9 Å². The van der Waals surface area contributed by atoms with Gasteiger partial charge in [0.2, 0.25) is 0 Å². The molecule has 0 aliphatic heterocycles. The minimum atomic E-state index is -0.581. The number of anilines is 1. The summed E-state index contributed by atoms with van der Waals surface area (Å²) in [6.07, 6.45) is 0. The van der Waals surface area contributed by atoms with E-state index in [1.54, 1.807) is 18.2 Å². The molecule has 0 aliphatic rings. The number of nitrogens with zero attached hydrogens (tertiary/aromatic N) is 1. The zero-order valence-corrected chi connectivity index (χ0v) is 11.1. The summed E-state index contributed by atoms with van der Waals surface area (Å²) in [6, 6.07) is 7.31. The van der Waals surface area contributed by atoms with E-state index < -0.39 is 16.6 Å². The summed E-state index contributed by atoms with van der Waals surface area (Å²) in [5, 5.41) is 13.1. The average Bonchev–Trinajstić information content (AvgIpc) is 3.03. The second-order valence-electron chi connectivity index (χ2n) is 4.07. The van der Waals surface area contributed by atoms with Crippen LogP contribution >= 0.6 is 11.3 Å². The van der Waals surface area contributed by atoms with Crippen LogP contribution in [-0.2, 0) is 0 Å². The van der Waals surface area contributed by atoms with E-state index >= 15 is 0 Å². The smallest absolute Gasteiger partial charge is 0.408 e. The van der Waals surface area contributed by atoms with Gasteiger partial charge in [-0.2, -0.15) is 0 Å². The standard InChI is InChI=1S/C12H7N3O5S/c16-11(9-3-4-10(21-9)15(18)19)13-6-1-2-8-7(5-6)14-12(17)20-8/h1-5H,(H,13,16)(H,14,17). The Kier molecular flexibility index (Phi) is 3.03. The van der Waals surface area contributed by atoms with Crippen LogP contribution in [0.15, 0.2) is 39.5 Å². The lowest BCUT2D eigenvalue weighted by Crippen LogP contribution is -2.09. The molecule has 0 saturated carbocycles. The summed E-state index contributed by atoms with van der Waals surface area (Å²) >= 11 is 0.789. The van der Waals surface area contributed by atoms with Crippen LogP contribution in [0.3, 0.4) is 0 Å². The van der Waals surface area contributed by atoms with Crippen LogP contribution in [0.4, 0.5) is 10.7 Å². The van der Waals surface area contributed by atoms with Crippen LogP contribution in [0.1, 0.15) is 9.67 Å². The Morgan fingerprint density at radius 3 is 2.86 bits per heavy atom. The molecule has 2 aromatic heterocycles. The molecule has 3 rings (SSSR count). The number of hydrogen-bond acceptors (Lipinski definition) is 6. The molecule has 0 fully saturated rings. The van der Waals surface area contributed by atoms with E-state index in [1.807, 2.05) is 0 Å². The number of nitro groups is 1. The van der Waals surface area contributed by atoms with Gasteiger partial charge >= 0.3 is 10.8 Å². The lowest BCUT2D eigenvalue weighted by molar-refractivity contribution is -0.380. The number of rotatable bonds is 3. The van der Waals surface area contributed by atoms with Crippen molar-refractivity contribution in [1.82, 2.24) is 4.98 Å². The Bertz CT molecular complexity index is 907. The number of aromatic nitrogens is 1. The van der Waals surface area contributed by atoms with Gasteiger partial charge in [-0.05, 0) is 24.3 Å². The predicted molar refractivity (Wildman–Crippen MR) is 75.8 cm³/mol. The fourth-order valence-electron chi connectivity index (χ4n) is 1.77. The Balaban J connectivity index is 1.84. The topological polar surface area (TPSA) is 118 Å². The van der Waals surface area contributed by atoms with Crippen molar-refractivity contribution in [2.24, 2.45) is 0 Å². The quantitative estimate of drug-likeness (QED) is 0.568. The summed E-state index contributed by atoms with van der Waals surface area (Å²) in [5.74, 6) is -1.04. The van der Waals surface area contributed by atoms with Crippen molar-refractivity contribution in [2.45, 2.75) is 0 Å². The van der Waals surface area contributed by atoms with Gasteiger partial charge in [-0.1, -0.05) is 11.3 Å². The molecule has 3 aromatic rings. The van der Waals surface area contributed by atoms with E-state index in [4.69, 9.17) is 4.42 Å². The minimum Gasteiger partial charge on any atom is -0.408 e. The van der Waals surface area contributed by atoms with E-state index in [2.05, 4.69) is 10.3 Å². The Labute approximate surface area is 120 Å². The van der Waals surface area contributed by atoms with Gasteiger partial charge in [0.15, 0.2) is 5.58 Å². The van der Waals surface area contributed by atoms with E-state index in [0.29, 0.717) is 16.8 Å². The third-order valence-electron chi connectivity index (χ3n) is 2.67. The summed E-state index contributed by atoms with van der Waals surface area (Å²) in [5.41, 5.74) is 1.28. The van der Waals surface area contributed by atoms with Gasteiger partial charge in [0.1, 0.15) is 0 Å². The fourth-order valence-corrected chi connectivity index (χ4v) is 2.49. The van der Waals surface area contributed by atoms with Crippen LogP contribution in [0.2, 0.25) is 0 Å². The van der Waals surface area contributed by atoms with Crippen molar-refractivity contribution in [3.63, 3.8) is 0 Å². The monoisotopic (exact) mass is 305 g/mol. The highest BCUT2D eigenvalue weighted by Crippen LogP contribution is 2.25. The molecule has 0 atom stereocenters.